The fourth-order valence-corrected chi connectivity index (χ4v) is 2.29. The van der Waals surface area contributed by atoms with E-state index in [1.807, 2.05) is 25.1 Å². The quantitative estimate of drug-likeness (QED) is 0.942. The molecule has 0 radical (unpaired) electrons. The lowest BCUT2D eigenvalue weighted by Crippen LogP contribution is -2.13. The minimum Gasteiger partial charge on any atom is -0.325 e. The van der Waals surface area contributed by atoms with Crippen molar-refractivity contribution >= 4 is 0 Å². The predicted octanol–water partition coefficient (Wildman–Crippen LogP) is 2.42. The number of nitrogens with zero attached hydrogens (tertiary/aromatic N) is 2. The van der Waals surface area contributed by atoms with Crippen LogP contribution in [0.25, 0.3) is 11.1 Å². The van der Waals surface area contributed by atoms with Gasteiger partial charge in [0.25, 0.3) is 5.56 Å². The Kier molecular flexibility index (Phi) is 4.20. The zero-order valence-electron chi connectivity index (χ0n) is 12.2. The fraction of sp³-hybridized carbons (Fsp3) is 0.250. The number of nitrogens with one attached hydrogen (secondary N) is 1. The Morgan fingerprint density at radius 3 is 2.62 bits per heavy atom. The average molecular weight is 285 g/mol. The SMILES string of the molecule is Cc1cc(-c2cc(F)cc(CN(C)C)c2)c(C#N)c(=O)[nH]1. The summed E-state index contributed by atoms with van der Waals surface area (Å²) < 4.78 is 13.8. The van der Waals surface area contributed by atoms with Gasteiger partial charge in [0, 0.05) is 17.8 Å². The number of aryl methyl sites for hydroxylation is 1. The zero-order chi connectivity index (χ0) is 15.6. The number of pyridine rings is 1. The van der Waals surface area contributed by atoms with E-state index in [1.54, 1.807) is 19.1 Å². The lowest BCUT2D eigenvalue weighted by Gasteiger charge is -2.12. The molecule has 0 bridgehead atoms. The van der Waals surface area contributed by atoms with Gasteiger partial charge in [-0.3, -0.25) is 4.79 Å². The molecule has 4 nitrogen and oxygen atoms in total. The van der Waals surface area contributed by atoms with E-state index < -0.39 is 5.56 Å². The Hall–Kier alpha value is -2.45. The van der Waals surface area contributed by atoms with Gasteiger partial charge in [-0.25, -0.2) is 4.39 Å². The highest BCUT2D eigenvalue weighted by Gasteiger charge is 2.12. The molecule has 1 heterocycles. The Balaban J connectivity index is 2.65. The van der Waals surface area contributed by atoms with Crippen LogP contribution < -0.4 is 5.56 Å². The summed E-state index contributed by atoms with van der Waals surface area (Å²) >= 11 is 0. The van der Waals surface area contributed by atoms with Crippen LogP contribution in [0.4, 0.5) is 4.39 Å². The van der Waals surface area contributed by atoms with Crippen LogP contribution in [0.15, 0.2) is 29.1 Å². The van der Waals surface area contributed by atoms with Crippen LogP contribution in [0.5, 0.6) is 0 Å². The third kappa shape index (κ3) is 3.36. The van der Waals surface area contributed by atoms with Gasteiger partial charge in [0.2, 0.25) is 0 Å². The second-order valence-corrected chi connectivity index (χ2v) is 5.27. The maximum atomic E-state index is 13.8. The van der Waals surface area contributed by atoms with Crippen molar-refractivity contribution in [2.75, 3.05) is 14.1 Å². The van der Waals surface area contributed by atoms with Gasteiger partial charge in [0.05, 0.1) is 0 Å². The van der Waals surface area contributed by atoms with Crippen LogP contribution in [0.3, 0.4) is 0 Å². The molecule has 0 aliphatic carbocycles. The summed E-state index contributed by atoms with van der Waals surface area (Å²) in [6.45, 7) is 2.31. The fourth-order valence-electron chi connectivity index (χ4n) is 2.29. The maximum Gasteiger partial charge on any atom is 0.266 e. The summed E-state index contributed by atoms with van der Waals surface area (Å²) in [7, 11) is 3.78. The molecule has 0 aliphatic rings. The number of hydrogen-bond acceptors (Lipinski definition) is 3. The Labute approximate surface area is 122 Å². The molecule has 0 unspecified atom stereocenters. The van der Waals surface area contributed by atoms with Gasteiger partial charge >= 0.3 is 0 Å². The molecule has 0 saturated carbocycles. The molecule has 0 fully saturated rings. The number of benzene rings is 1. The van der Waals surface area contributed by atoms with E-state index in [0.29, 0.717) is 23.4 Å². The van der Waals surface area contributed by atoms with Crippen LogP contribution >= 0.6 is 0 Å². The van der Waals surface area contributed by atoms with Gasteiger partial charge in [0.15, 0.2) is 0 Å². The highest BCUT2D eigenvalue weighted by Crippen LogP contribution is 2.24. The second kappa shape index (κ2) is 5.90. The molecule has 0 spiro atoms. The standard InChI is InChI=1S/C16H16FN3O/c1-10-4-14(15(8-18)16(21)19-10)12-5-11(9-20(2)3)6-13(17)7-12/h4-7H,9H2,1-3H3,(H,19,21). The lowest BCUT2D eigenvalue weighted by molar-refractivity contribution is 0.401. The van der Waals surface area contributed by atoms with E-state index >= 15 is 0 Å². The first-order valence-electron chi connectivity index (χ1n) is 6.49. The third-order valence-electron chi connectivity index (χ3n) is 3.05. The first-order chi connectivity index (χ1) is 9.90. The van der Waals surface area contributed by atoms with Crippen molar-refractivity contribution in [1.29, 1.82) is 5.26 Å². The Bertz CT molecular complexity index is 772. The van der Waals surface area contributed by atoms with E-state index in [0.717, 1.165) is 5.56 Å². The third-order valence-corrected chi connectivity index (χ3v) is 3.05. The molecule has 5 heteroatoms. The van der Waals surface area contributed by atoms with Crippen LogP contribution in [0.1, 0.15) is 16.8 Å². The molecule has 2 rings (SSSR count). The van der Waals surface area contributed by atoms with Crippen molar-refractivity contribution < 1.29 is 4.39 Å². The summed E-state index contributed by atoms with van der Waals surface area (Å²) in [6.07, 6.45) is 0. The number of aromatic amines is 1. The van der Waals surface area contributed by atoms with E-state index in [4.69, 9.17) is 5.26 Å². The molecule has 1 aromatic heterocycles. The number of nitriles is 1. The van der Waals surface area contributed by atoms with Gasteiger partial charge < -0.3 is 9.88 Å². The van der Waals surface area contributed by atoms with Crippen molar-refractivity contribution in [3.63, 3.8) is 0 Å². The van der Waals surface area contributed by atoms with E-state index in [-0.39, 0.29) is 11.4 Å². The molecule has 21 heavy (non-hydrogen) atoms. The van der Waals surface area contributed by atoms with E-state index in [9.17, 15) is 9.18 Å². The molecule has 1 aromatic carbocycles. The monoisotopic (exact) mass is 285 g/mol. The summed E-state index contributed by atoms with van der Waals surface area (Å²) in [6, 6.07) is 8.18. The normalized spacial score (nSPS) is 10.7. The van der Waals surface area contributed by atoms with Crippen LogP contribution in [0.2, 0.25) is 0 Å². The molecule has 0 amide bonds. The first-order valence-corrected chi connectivity index (χ1v) is 6.49. The highest BCUT2D eigenvalue weighted by molar-refractivity contribution is 5.70. The molecule has 0 saturated heterocycles. The van der Waals surface area contributed by atoms with Crippen molar-refractivity contribution in [3.8, 4) is 17.2 Å². The summed E-state index contributed by atoms with van der Waals surface area (Å²) in [5.74, 6) is -0.383. The number of halogens is 1. The van der Waals surface area contributed by atoms with Gasteiger partial charge in [-0.05, 0) is 56.4 Å². The minimum atomic E-state index is -0.453. The molecule has 0 atom stereocenters. The van der Waals surface area contributed by atoms with Crippen molar-refractivity contribution in [2.45, 2.75) is 13.5 Å². The highest BCUT2D eigenvalue weighted by atomic mass is 19.1. The first kappa shape index (κ1) is 14.9. The van der Waals surface area contributed by atoms with E-state index in [1.165, 1.54) is 12.1 Å². The van der Waals surface area contributed by atoms with Crippen molar-refractivity contribution in [1.82, 2.24) is 9.88 Å². The number of aromatic nitrogens is 1. The Morgan fingerprint density at radius 2 is 2.00 bits per heavy atom. The lowest BCUT2D eigenvalue weighted by atomic mass is 9.99. The topological polar surface area (TPSA) is 59.9 Å². The molecule has 1 N–H and O–H groups in total. The number of H-pyrrole nitrogens is 1. The summed E-state index contributed by atoms with van der Waals surface area (Å²) in [5, 5.41) is 9.16. The summed E-state index contributed by atoms with van der Waals surface area (Å²) in [5.41, 5.74) is 1.97. The Morgan fingerprint density at radius 1 is 1.29 bits per heavy atom. The second-order valence-electron chi connectivity index (χ2n) is 5.27. The van der Waals surface area contributed by atoms with Gasteiger partial charge in [-0.1, -0.05) is 0 Å². The van der Waals surface area contributed by atoms with E-state index in [2.05, 4.69) is 4.98 Å². The van der Waals surface area contributed by atoms with Crippen molar-refractivity contribution in [2.24, 2.45) is 0 Å². The van der Waals surface area contributed by atoms with Gasteiger partial charge in [-0.2, -0.15) is 5.26 Å². The van der Waals surface area contributed by atoms with Crippen LogP contribution in [0, 0.1) is 24.1 Å². The molecule has 108 valence electrons. The molecular formula is C16H16FN3O. The van der Waals surface area contributed by atoms with Gasteiger partial charge in [0.1, 0.15) is 17.4 Å². The average Bonchev–Trinajstić information content (AvgIpc) is 2.36. The van der Waals surface area contributed by atoms with Crippen LogP contribution in [-0.2, 0) is 6.54 Å². The largest absolute Gasteiger partial charge is 0.325 e. The zero-order valence-corrected chi connectivity index (χ0v) is 12.2. The van der Waals surface area contributed by atoms with Crippen LogP contribution in [-0.4, -0.2) is 24.0 Å². The molecule has 0 aliphatic heterocycles. The number of rotatable bonds is 3. The van der Waals surface area contributed by atoms with Crippen molar-refractivity contribution in [3.05, 3.63) is 57.3 Å². The molecule has 2 aromatic rings. The predicted molar refractivity (Wildman–Crippen MR) is 79.3 cm³/mol. The summed E-state index contributed by atoms with van der Waals surface area (Å²) in [4.78, 5) is 16.3. The number of hydrogen-bond donors (Lipinski definition) is 1. The maximum absolute atomic E-state index is 13.8. The molecular weight excluding hydrogens is 269 g/mol. The van der Waals surface area contributed by atoms with Gasteiger partial charge in [-0.15, -0.1) is 0 Å². The smallest absolute Gasteiger partial charge is 0.266 e. The minimum absolute atomic E-state index is 0.00185.